The van der Waals surface area contributed by atoms with Crippen molar-refractivity contribution in [3.8, 4) is 11.4 Å². The summed E-state index contributed by atoms with van der Waals surface area (Å²) in [5.74, 6) is 1.22. The molecule has 0 N–H and O–H groups in total. The van der Waals surface area contributed by atoms with E-state index in [1.165, 1.54) is 22.6 Å². The molecule has 5 rings (SSSR count). The summed E-state index contributed by atoms with van der Waals surface area (Å²) in [6.45, 7) is 0.833. The van der Waals surface area contributed by atoms with Gasteiger partial charge in [-0.25, -0.2) is 18.5 Å². The van der Waals surface area contributed by atoms with Crippen LogP contribution in [0.15, 0.2) is 42.9 Å². The number of pyridine rings is 1. The van der Waals surface area contributed by atoms with E-state index in [0.29, 0.717) is 0 Å². The number of nitrogens with zero attached hydrogens (tertiary/aromatic N) is 5. The van der Waals surface area contributed by atoms with E-state index >= 15 is 0 Å². The lowest BCUT2D eigenvalue weighted by atomic mass is 10.2. The molecule has 96 valence electrons. The zero-order valence-electron chi connectivity index (χ0n) is 11.0. The van der Waals surface area contributed by atoms with E-state index in [9.17, 15) is 0 Å². The van der Waals surface area contributed by atoms with Gasteiger partial charge in [-0.05, 0) is 18.2 Å². The van der Waals surface area contributed by atoms with Crippen molar-refractivity contribution in [2.45, 2.75) is 6.54 Å². The lowest BCUT2D eigenvalue weighted by Gasteiger charge is -1.96. The van der Waals surface area contributed by atoms with Crippen molar-refractivity contribution in [3.63, 3.8) is 0 Å². The Labute approximate surface area is 114 Å². The van der Waals surface area contributed by atoms with E-state index in [-0.39, 0.29) is 0 Å². The summed E-state index contributed by atoms with van der Waals surface area (Å²) in [6.07, 6.45) is 5.75. The topological polar surface area (TPSA) is 39.0 Å². The molecule has 1 aliphatic heterocycles. The quantitative estimate of drug-likeness (QED) is 0.397. The average Bonchev–Trinajstić information content (AvgIpc) is 3.10. The van der Waals surface area contributed by atoms with E-state index < -0.39 is 0 Å². The van der Waals surface area contributed by atoms with E-state index in [1.807, 2.05) is 24.5 Å². The number of rotatable bonds is 0. The van der Waals surface area contributed by atoms with Gasteiger partial charge in [0.15, 0.2) is 11.2 Å². The van der Waals surface area contributed by atoms with Crippen LogP contribution in [0, 0.1) is 0 Å². The fourth-order valence-electron chi connectivity index (χ4n) is 3.31. The van der Waals surface area contributed by atoms with Crippen LogP contribution >= 0.6 is 0 Å². The molecule has 4 aromatic rings. The van der Waals surface area contributed by atoms with Gasteiger partial charge in [0.2, 0.25) is 5.82 Å². The summed E-state index contributed by atoms with van der Waals surface area (Å²) < 4.78 is 6.69. The second kappa shape index (κ2) is 3.25. The van der Waals surface area contributed by atoms with Crippen LogP contribution < -0.4 is 4.57 Å². The first kappa shape index (κ1) is 10.1. The Morgan fingerprint density at radius 2 is 2.10 bits per heavy atom. The van der Waals surface area contributed by atoms with Gasteiger partial charge in [0, 0.05) is 18.5 Å². The number of aryl methyl sites for hydroxylation is 1. The summed E-state index contributed by atoms with van der Waals surface area (Å²) in [7, 11) is 2.11. The molecule has 0 atom stereocenters. The summed E-state index contributed by atoms with van der Waals surface area (Å²) in [5.41, 5.74) is 5.73. The standard InChI is InChI=1S/C15H12N5/c1-18-14-10-4-2-5-16-11(10)9-20(14)12-8-13-17-6-3-7-19(13)15(12)18/h2-8H,9H2,1H3/q+1. The normalized spacial score (nSPS) is 13.1. The van der Waals surface area contributed by atoms with Crippen LogP contribution in [-0.2, 0) is 13.6 Å². The van der Waals surface area contributed by atoms with E-state index in [2.05, 4.69) is 48.9 Å². The maximum Gasteiger partial charge on any atom is 0.274 e. The van der Waals surface area contributed by atoms with Crippen molar-refractivity contribution in [2.75, 3.05) is 0 Å². The Morgan fingerprint density at radius 3 is 3.05 bits per heavy atom. The average molecular weight is 262 g/mol. The Bertz CT molecular complexity index is 992. The smallest absolute Gasteiger partial charge is 0.257 e. The fourth-order valence-corrected chi connectivity index (χ4v) is 3.31. The Hall–Kier alpha value is -2.69. The predicted molar refractivity (Wildman–Crippen MR) is 74.2 cm³/mol. The molecular formula is C15H12N5+. The molecule has 0 spiro atoms. The van der Waals surface area contributed by atoms with Crippen molar-refractivity contribution in [1.29, 1.82) is 0 Å². The molecule has 5 heteroatoms. The van der Waals surface area contributed by atoms with E-state index in [4.69, 9.17) is 0 Å². The van der Waals surface area contributed by atoms with Crippen molar-refractivity contribution >= 4 is 16.8 Å². The van der Waals surface area contributed by atoms with Gasteiger partial charge in [0.1, 0.15) is 6.54 Å². The third-order valence-corrected chi connectivity index (χ3v) is 4.12. The highest BCUT2D eigenvalue weighted by molar-refractivity contribution is 5.82. The monoisotopic (exact) mass is 262 g/mol. The third kappa shape index (κ3) is 1.02. The molecule has 0 saturated carbocycles. The summed E-state index contributed by atoms with van der Waals surface area (Å²) in [5, 5.41) is 0. The van der Waals surface area contributed by atoms with Gasteiger partial charge in [0.05, 0.1) is 24.5 Å². The van der Waals surface area contributed by atoms with Gasteiger partial charge in [-0.3, -0.25) is 4.98 Å². The summed E-state index contributed by atoms with van der Waals surface area (Å²) in [6, 6.07) is 8.25. The van der Waals surface area contributed by atoms with Crippen molar-refractivity contribution in [3.05, 3.63) is 48.5 Å². The maximum atomic E-state index is 4.49. The van der Waals surface area contributed by atoms with Crippen LogP contribution in [0.2, 0.25) is 0 Å². The highest BCUT2D eigenvalue weighted by Gasteiger charge is 2.33. The molecule has 5 nitrogen and oxygen atoms in total. The molecule has 4 aromatic heterocycles. The second-order valence-corrected chi connectivity index (χ2v) is 5.17. The minimum absolute atomic E-state index is 0.833. The van der Waals surface area contributed by atoms with Crippen LogP contribution in [0.5, 0.6) is 0 Å². The summed E-state index contributed by atoms with van der Waals surface area (Å²) >= 11 is 0. The third-order valence-electron chi connectivity index (χ3n) is 4.12. The minimum atomic E-state index is 0.833. The molecule has 20 heavy (non-hydrogen) atoms. The Balaban J connectivity index is 1.98. The van der Waals surface area contributed by atoms with E-state index in [1.54, 1.807) is 0 Å². The lowest BCUT2D eigenvalue weighted by molar-refractivity contribution is -0.636. The first-order chi connectivity index (χ1) is 9.84. The molecule has 0 aliphatic carbocycles. The van der Waals surface area contributed by atoms with E-state index in [0.717, 1.165) is 17.9 Å². The minimum Gasteiger partial charge on any atom is -0.257 e. The number of hydrogen-bond donors (Lipinski definition) is 0. The maximum absolute atomic E-state index is 4.49. The van der Waals surface area contributed by atoms with Crippen molar-refractivity contribution in [1.82, 2.24) is 18.9 Å². The van der Waals surface area contributed by atoms with Crippen LogP contribution in [0.3, 0.4) is 0 Å². The highest BCUT2D eigenvalue weighted by Crippen LogP contribution is 2.32. The molecule has 1 aliphatic rings. The van der Waals surface area contributed by atoms with Crippen LogP contribution in [-0.4, -0.2) is 18.9 Å². The zero-order chi connectivity index (χ0) is 13.3. The van der Waals surface area contributed by atoms with Crippen LogP contribution in [0.25, 0.3) is 28.2 Å². The van der Waals surface area contributed by atoms with Gasteiger partial charge in [-0.15, -0.1) is 0 Å². The number of imidazole rings is 1. The van der Waals surface area contributed by atoms with Gasteiger partial charge >= 0.3 is 0 Å². The van der Waals surface area contributed by atoms with Crippen molar-refractivity contribution in [2.24, 2.45) is 7.05 Å². The Kier molecular flexibility index (Phi) is 1.65. The first-order valence-electron chi connectivity index (χ1n) is 6.63. The largest absolute Gasteiger partial charge is 0.274 e. The number of fused-ring (bicyclic) bond motifs is 7. The molecule has 0 amide bonds. The highest BCUT2D eigenvalue weighted by atomic mass is 15.2. The zero-order valence-corrected chi connectivity index (χ0v) is 11.0. The SMILES string of the molecule is C[n+]1c2n(c3cc4ncccn4c31)Cc1ncccc1-2. The molecular weight excluding hydrogens is 250 g/mol. The fraction of sp³-hybridized carbons (Fsp3) is 0.133. The van der Waals surface area contributed by atoms with Gasteiger partial charge < -0.3 is 0 Å². The lowest BCUT2D eigenvalue weighted by Crippen LogP contribution is -2.30. The molecule has 0 saturated heterocycles. The number of hydrogen-bond acceptors (Lipinski definition) is 2. The second-order valence-electron chi connectivity index (χ2n) is 5.17. The van der Waals surface area contributed by atoms with Gasteiger partial charge in [0.25, 0.3) is 5.65 Å². The first-order valence-corrected chi connectivity index (χ1v) is 6.63. The molecule has 0 fully saturated rings. The van der Waals surface area contributed by atoms with Crippen molar-refractivity contribution < 1.29 is 4.57 Å². The molecule has 5 heterocycles. The molecule has 0 unspecified atom stereocenters. The van der Waals surface area contributed by atoms with Crippen LogP contribution in [0.4, 0.5) is 0 Å². The van der Waals surface area contributed by atoms with Gasteiger partial charge in [-0.1, -0.05) is 0 Å². The molecule has 0 radical (unpaired) electrons. The van der Waals surface area contributed by atoms with Gasteiger partial charge in [-0.2, -0.15) is 0 Å². The summed E-state index contributed by atoms with van der Waals surface area (Å²) in [4.78, 5) is 8.92. The number of aromatic nitrogens is 5. The molecule has 0 aromatic carbocycles. The van der Waals surface area contributed by atoms with Crippen LogP contribution in [0.1, 0.15) is 5.69 Å². The Morgan fingerprint density at radius 1 is 1.20 bits per heavy atom. The predicted octanol–water partition coefficient (Wildman–Crippen LogP) is 1.54. The molecule has 0 bridgehead atoms.